The number of amides is 1. The largest absolute Gasteiger partial charge is 0.373 e. The van der Waals surface area contributed by atoms with Gasteiger partial charge in [-0.2, -0.15) is 4.31 Å². The van der Waals surface area contributed by atoms with Crippen LogP contribution in [-0.4, -0.2) is 63.6 Å². The first kappa shape index (κ1) is 23.1. The number of halogens is 1. The van der Waals surface area contributed by atoms with Crippen LogP contribution in [0.25, 0.3) is 0 Å². The zero-order valence-electron chi connectivity index (χ0n) is 16.4. The van der Waals surface area contributed by atoms with E-state index in [0.717, 1.165) is 25.9 Å². The van der Waals surface area contributed by atoms with Crippen LogP contribution in [-0.2, 0) is 14.8 Å². The first-order valence-electron chi connectivity index (χ1n) is 9.61. The van der Waals surface area contributed by atoms with E-state index in [-0.39, 0.29) is 35.4 Å². The zero-order valence-corrected chi connectivity index (χ0v) is 18.0. The fourth-order valence-electron chi connectivity index (χ4n) is 3.71. The van der Waals surface area contributed by atoms with E-state index in [1.165, 1.54) is 16.4 Å². The van der Waals surface area contributed by atoms with Gasteiger partial charge >= 0.3 is 0 Å². The number of benzene rings is 1. The molecular formula is C19H30ClN3O4S. The van der Waals surface area contributed by atoms with Crippen LogP contribution in [0, 0.1) is 5.92 Å². The maximum absolute atomic E-state index is 12.8. The van der Waals surface area contributed by atoms with E-state index in [1.54, 1.807) is 12.1 Å². The van der Waals surface area contributed by atoms with Crippen LogP contribution in [0.2, 0.25) is 0 Å². The molecule has 7 nitrogen and oxygen atoms in total. The number of hydrogen-bond donors (Lipinski definition) is 2. The van der Waals surface area contributed by atoms with Crippen molar-refractivity contribution in [3.05, 3.63) is 29.8 Å². The van der Waals surface area contributed by atoms with Gasteiger partial charge in [-0.1, -0.05) is 0 Å². The van der Waals surface area contributed by atoms with E-state index < -0.39 is 10.0 Å². The number of carbonyl (C=O) groups excluding carboxylic acids is 1. The molecule has 0 bridgehead atoms. The van der Waals surface area contributed by atoms with Crippen LogP contribution < -0.4 is 10.6 Å². The van der Waals surface area contributed by atoms with Crippen molar-refractivity contribution < 1.29 is 17.9 Å². The van der Waals surface area contributed by atoms with Gasteiger partial charge in [-0.05, 0) is 70.0 Å². The quantitative estimate of drug-likeness (QED) is 0.714. The van der Waals surface area contributed by atoms with Crippen molar-refractivity contribution in [2.75, 3.05) is 32.7 Å². The standard InChI is InChI=1S/C19H29N3O4S.ClH/c1-14-12-22(13-15(2)26-14)27(24,25)18-5-3-17(4-6-18)19(23)21-10-8-16-7-9-20-11-16;/h3-6,14-16,20H,7-13H2,1-2H3,(H,21,23);1H. The highest BCUT2D eigenvalue weighted by Gasteiger charge is 2.32. The smallest absolute Gasteiger partial charge is 0.251 e. The molecule has 28 heavy (non-hydrogen) atoms. The Hall–Kier alpha value is -1.19. The van der Waals surface area contributed by atoms with E-state index in [2.05, 4.69) is 10.6 Å². The van der Waals surface area contributed by atoms with Crippen molar-refractivity contribution in [1.29, 1.82) is 0 Å². The van der Waals surface area contributed by atoms with Crippen LogP contribution in [0.1, 0.15) is 37.0 Å². The second-order valence-electron chi connectivity index (χ2n) is 7.51. The lowest BCUT2D eigenvalue weighted by Crippen LogP contribution is -2.48. The lowest BCUT2D eigenvalue weighted by molar-refractivity contribution is -0.0440. The number of nitrogens with one attached hydrogen (secondary N) is 2. The summed E-state index contributed by atoms with van der Waals surface area (Å²) in [6.45, 7) is 7.11. The van der Waals surface area contributed by atoms with Gasteiger partial charge in [-0.25, -0.2) is 8.42 Å². The zero-order chi connectivity index (χ0) is 19.4. The summed E-state index contributed by atoms with van der Waals surface area (Å²) in [5.74, 6) is 0.453. The second-order valence-corrected chi connectivity index (χ2v) is 9.45. The predicted molar refractivity (Wildman–Crippen MR) is 110 cm³/mol. The Morgan fingerprint density at radius 1 is 1.21 bits per heavy atom. The van der Waals surface area contributed by atoms with E-state index in [0.29, 0.717) is 31.1 Å². The number of ether oxygens (including phenoxy) is 1. The molecule has 1 amide bonds. The van der Waals surface area contributed by atoms with Crippen molar-refractivity contribution in [3.63, 3.8) is 0 Å². The van der Waals surface area contributed by atoms with Crippen molar-refractivity contribution in [3.8, 4) is 0 Å². The highest BCUT2D eigenvalue weighted by atomic mass is 35.5. The minimum absolute atomic E-state index is 0. The third-order valence-corrected chi connectivity index (χ3v) is 6.99. The molecule has 1 aromatic rings. The Morgan fingerprint density at radius 2 is 1.86 bits per heavy atom. The topological polar surface area (TPSA) is 87.7 Å². The summed E-state index contributed by atoms with van der Waals surface area (Å²) in [4.78, 5) is 12.5. The van der Waals surface area contributed by atoms with Crippen molar-refractivity contribution in [2.24, 2.45) is 5.92 Å². The normalized spacial score (nSPS) is 25.9. The summed E-state index contributed by atoms with van der Waals surface area (Å²) in [5, 5.41) is 6.23. The number of carbonyl (C=O) groups is 1. The maximum atomic E-state index is 12.8. The van der Waals surface area contributed by atoms with Crippen molar-refractivity contribution in [1.82, 2.24) is 14.9 Å². The number of rotatable bonds is 6. The Labute approximate surface area is 173 Å². The average Bonchev–Trinajstić information content (AvgIpc) is 3.14. The van der Waals surface area contributed by atoms with Gasteiger partial charge in [0, 0.05) is 25.2 Å². The van der Waals surface area contributed by atoms with Crippen LogP contribution in [0.5, 0.6) is 0 Å². The molecular weight excluding hydrogens is 402 g/mol. The minimum atomic E-state index is -3.58. The van der Waals surface area contributed by atoms with E-state index in [4.69, 9.17) is 4.74 Å². The van der Waals surface area contributed by atoms with E-state index in [1.807, 2.05) is 13.8 Å². The highest BCUT2D eigenvalue weighted by Crippen LogP contribution is 2.21. The molecule has 0 radical (unpaired) electrons. The summed E-state index contributed by atoms with van der Waals surface area (Å²) >= 11 is 0. The van der Waals surface area contributed by atoms with E-state index >= 15 is 0 Å². The van der Waals surface area contributed by atoms with Crippen molar-refractivity contribution >= 4 is 28.3 Å². The summed E-state index contributed by atoms with van der Waals surface area (Å²) < 4.78 is 32.7. The number of nitrogens with zero attached hydrogens (tertiary/aromatic N) is 1. The SMILES string of the molecule is CC1CN(S(=O)(=O)c2ccc(C(=O)NCCC3CCNC3)cc2)CC(C)O1.Cl. The van der Waals surface area contributed by atoms with Crippen LogP contribution in [0.15, 0.2) is 29.2 Å². The number of sulfonamides is 1. The van der Waals surface area contributed by atoms with Gasteiger partial charge in [-0.3, -0.25) is 4.79 Å². The van der Waals surface area contributed by atoms with Crippen LogP contribution in [0.4, 0.5) is 0 Å². The molecule has 0 aliphatic carbocycles. The van der Waals surface area contributed by atoms with Gasteiger partial charge in [0.05, 0.1) is 17.1 Å². The molecule has 2 aliphatic heterocycles. The molecule has 3 unspecified atom stereocenters. The number of hydrogen-bond acceptors (Lipinski definition) is 5. The second kappa shape index (κ2) is 10.0. The predicted octanol–water partition coefficient (Wildman–Crippen LogP) is 1.64. The molecule has 2 saturated heterocycles. The van der Waals surface area contributed by atoms with Gasteiger partial charge < -0.3 is 15.4 Å². The molecule has 3 rings (SSSR count). The Balaban J connectivity index is 0.00000280. The summed E-state index contributed by atoms with van der Waals surface area (Å²) in [6, 6.07) is 6.17. The average molecular weight is 432 g/mol. The first-order valence-corrected chi connectivity index (χ1v) is 11.0. The third kappa shape index (κ3) is 5.67. The molecule has 3 atom stereocenters. The molecule has 0 saturated carbocycles. The highest BCUT2D eigenvalue weighted by molar-refractivity contribution is 7.89. The molecule has 0 spiro atoms. The molecule has 2 aliphatic rings. The molecule has 9 heteroatoms. The molecule has 2 heterocycles. The molecule has 2 N–H and O–H groups in total. The number of morpholine rings is 1. The Morgan fingerprint density at radius 3 is 2.43 bits per heavy atom. The molecule has 2 fully saturated rings. The van der Waals surface area contributed by atoms with Crippen molar-refractivity contribution in [2.45, 2.75) is 43.8 Å². The Bertz CT molecular complexity index is 741. The first-order chi connectivity index (χ1) is 12.9. The maximum Gasteiger partial charge on any atom is 0.251 e. The molecule has 158 valence electrons. The van der Waals surface area contributed by atoms with Gasteiger partial charge in [0.25, 0.3) is 5.91 Å². The van der Waals surface area contributed by atoms with Crippen LogP contribution in [0.3, 0.4) is 0 Å². The molecule has 0 aromatic heterocycles. The minimum Gasteiger partial charge on any atom is -0.373 e. The lowest BCUT2D eigenvalue weighted by Gasteiger charge is -2.34. The summed E-state index contributed by atoms with van der Waals surface area (Å²) in [6.07, 6.45) is 1.84. The lowest BCUT2D eigenvalue weighted by atomic mass is 10.1. The summed E-state index contributed by atoms with van der Waals surface area (Å²) in [5.41, 5.74) is 0.474. The van der Waals surface area contributed by atoms with Gasteiger partial charge in [-0.15, -0.1) is 12.4 Å². The monoisotopic (exact) mass is 431 g/mol. The van der Waals surface area contributed by atoms with Gasteiger partial charge in [0.15, 0.2) is 0 Å². The summed E-state index contributed by atoms with van der Waals surface area (Å²) in [7, 11) is -3.58. The Kier molecular flexibility index (Phi) is 8.27. The fourth-order valence-corrected chi connectivity index (χ4v) is 5.30. The van der Waals surface area contributed by atoms with Gasteiger partial charge in [0.1, 0.15) is 0 Å². The van der Waals surface area contributed by atoms with Gasteiger partial charge in [0.2, 0.25) is 10.0 Å². The third-order valence-electron chi connectivity index (χ3n) is 5.14. The molecule has 1 aromatic carbocycles. The fraction of sp³-hybridized carbons (Fsp3) is 0.632. The van der Waals surface area contributed by atoms with E-state index in [9.17, 15) is 13.2 Å². The van der Waals surface area contributed by atoms with Crippen LogP contribution >= 0.6 is 12.4 Å².